The van der Waals surface area contributed by atoms with Crippen LogP contribution in [-0.4, -0.2) is 16.2 Å². The third kappa shape index (κ3) is 9.64. The van der Waals surface area contributed by atoms with Crippen LogP contribution in [0, 0.1) is 0 Å². The van der Waals surface area contributed by atoms with E-state index in [1.54, 1.807) is 0 Å². The molecule has 5 heteroatoms. The number of anilines is 4. The number of ether oxygens (including phenoxy) is 1. The molecule has 0 unspecified atom stereocenters. The first-order valence-corrected chi connectivity index (χ1v) is 27.0. The minimum absolute atomic E-state index is 0.00822. The minimum atomic E-state index is -0.355. The number of hydrogen-bond acceptors (Lipinski definition) is 4. The van der Waals surface area contributed by atoms with Crippen LogP contribution in [0.2, 0.25) is 0 Å². The highest BCUT2D eigenvalue weighted by Gasteiger charge is 2.36. The Balaban J connectivity index is 1.16. The number of aromatic nitrogens is 2. The molecule has 75 heavy (non-hydrogen) atoms. The number of rotatable bonds is 9. The van der Waals surface area contributed by atoms with Crippen LogP contribution in [0.15, 0.2) is 170 Å². The lowest BCUT2D eigenvalue weighted by Crippen LogP contribution is -2.26. The van der Waals surface area contributed by atoms with Crippen LogP contribution in [0.1, 0.15) is 155 Å². The number of fused-ring (bicyclic) bond motifs is 4. The summed E-state index contributed by atoms with van der Waals surface area (Å²) in [5.41, 5.74) is 16.3. The predicted molar refractivity (Wildman–Crippen MR) is 319 cm³/mol. The van der Waals surface area contributed by atoms with E-state index in [2.05, 4.69) is 289 Å². The monoisotopic (exact) mass is 991 g/mol. The van der Waals surface area contributed by atoms with E-state index < -0.39 is 0 Å². The van der Waals surface area contributed by atoms with E-state index in [-0.39, 0.29) is 32.5 Å². The van der Waals surface area contributed by atoms with E-state index in [9.17, 15) is 0 Å². The first kappa shape index (κ1) is 51.4. The maximum atomic E-state index is 7.26. The Kier molecular flexibility index (Phi) is 12.6. The van der Waals surface area contributed by atoms with Gasteiger partial charge < -0.3 is 14.5 Å². The summed E-state index contributed by atoms with van der Waals surface area (Å²) in [5, 5.41) is 2.37. The van der Waals surface area contributed by atoms with Gasteiger partial charge in [0.05, 0.1) is 22.4 Å². The van der Waals surface area contributed by atoms with Crippen LogP contribution < -0.4 is 14.5 Å². The van der Waals surface area contributed by atoms with Crippen molar-refractivity contribution in [1.82, 2.24) is 9.55 Å². The fraction of sp³-hybridized carbons (Fsp3) is 0.329. The van der Waals surface area contributed by atoms with E-state index >= 15 is 0 Å². The van der Waals surface area contributed by atoms with Gasteiger partial charge in [0.2, 0.25) is 0 Å². The van der Waals surface area contributed by atoms with E-state index in [0.29, 0.717) is 6.67 Å². The third-order valence-corrected chi connectivity index (χ3v) is 16.1. The van der Waals surface area contributed by atoms with Gasteiger partial charge in [-0.05, 0) is 139 Å². The molecule has 0 spiro atoms. The lowest BCUT2D eigenvalue weighted by molar-refractivity contribution is 0.480. The number of pyridine rings is 1. The van der Waals surface area contributed by atoms with E-state index in [1.807, 2.05) is 6.20 Å². The highest BCUT2D eigenvalue weighted by molar-refractivity contribution is 6.10. The molecule has 10 rings (SSSR count). The number of hydrogen-bond donors (Lipinski definition) is 0. The molecule has 0 saturated carbocycles. The van der Waals surface area contributed by atoms with Crippen LogP contribution in [0.5, 0.6) is 11.5 Å². The predicted octanol–water partition coefficient (Wildman–Crippen LogP) is 19.1. The van der Waals surface area contributed by atoms with Crippen molar-refractivity contribution in [2.45, 2.75) is 143 Å². The van der Waals surface area contributed by atoms with Crippen LogP contribution in [0.3, 0.4) is 0 Å². The van der Waals surface area contributed by atoms with Gasteiger partial charge in [-0.1, -0.05) is 190 Å². The maximum Gasteiger partial charge on any atom is 0.137 e. The van der Waals surface area contributed by atoms with Crippen LogP contribution in [0.4, 0.5) is 22.7 Å². The summed E-state index contributed by atoms with van der Waals surface area (Å²) in [4.78, 5) is 10.1. The Morgan fingerprint density at radius 3 is 1.51 bits per heavy atom. The van der Waals surface area contributed by atoms with Crippen molar-refractivity contribution < 1.29 is 4.74 Å². The van der Waals surface area contributed by atoms with Gasteiger partial charge >= 0.3 is 0 Å². The number of nitrogens with zero attached hydrogens (tertiary/aromatic N) is 4. The molecule has 0 aliphatic carbocycles. The molecule has 0 saturated heterocycles. The lowest BCUT2D eigenvalue weighted by atomic mass is 9.74. The molecule has 1 aliphatic rings. The molecule has 384 valence electrons. The van der Waals surface area contributed by atoms with Gasteiger partial charge in [0.25, 0.3) is 0 Å². The van der Waals surface area contributed by atoms with Gasteiger partial charge in [-0.3, -0.25) is 4.57 Å². The van der Waals surface area contributed by atoms with Crippen molar-refractivity contribution in [3.63, 3.8) is 0 Å². The standard InChI is InChI=1S/C70H78N4O/c1-65(2,3)48-30-33-60-57(39-48)56-32-31-54(42-61(56)74(60)64-40-49(34-35-71-64)66(4,5)6)75-55-38-51(70(15,16)47-26-21-18-22-27-47)37-53(41-55)73-45-72(62-43-58(67(7,8)9)59(44-63(62)73)68(10,11)12)52-29-23-28-50(36-52)69(13,14)46-24-19-17-20-25-46/h17-44H,45H2,1-16H3. The van der Waals surface area contributed by atoms with Gasteiger partial charge in [0.1, 0.15) is 24.0 Å². The SMILES string of the molecule is CC(C)(C)c1ccnc(-n2c3ccc(C(C)(C)C)cc3c3ccc(Oc4cc(N5CN(c6cccc(C(C)(C)c7ccccc7)c6)c6cc(C(C)(C)C)c(C(C)(C)C)cc65)cc(C(C)(C)c5ccccc5)c4)cc32)c1. The van der Waals surface area contributed by atoms with Crippen molar-refractivity contribution in [3.05, 3.63) is 214 Å². The first-order chi connectivity index (χ1) is 35.2. The molecule has 1 aliphatic heterocycles. The molecule has 5 nitrogen and oxygen atoms in total. The summed E-state index contributed by atoms with van der Waals surface area (Å²) < 4.78 is 9.59. The van der Waals surface area contributed by atoms with Crippen molar-refractivity contribution in [3.8, 4) is 17.3 Å². The summed E-state index contributed by atoms with van der Waals surface area (Å²) in [6.07, 6.45) is 1.95. The molecule has 3 heterocycles. The second kappa shape index (κ2) is 18.3. The fourth-order valence-corrected chi connectivity index (χ4v) is 11.2. The van der Waals surface area contributed by atoms with E-state index in [0.717, 1.165) is 34.0 Å². The van der Waals surface area contributed by atoms with Crippen LogP contribution in [0.25, 0.3) is 27.6 Å². The summed E-state index contributed by atoms with van der Waals surface area (Å²) in [6, 6.07) is 60.8. The molecular formula is C70H78N4O. The Morgan fingerprint density at radius 1 is 0.373 bits per heavy atom. The van der Waals surface area contributed by atoms with Crippen LogP contribution in [-0.2, 0) is 32.5 Å². The first-order valence-electron chi connectivity index (χ1n) is 27.0. The van der Waals surface area contributed by atoms with E-state index in [4.69, 9.17) is 9.72 Å². The Labute approximate surface area is 448 Å². The number of benzene rings is 7. The zero-order valence-corrected chi connectivity index (χ0v) is 47.6. The van der Waals surface area contributed by atoms with Crippen molar-refractivity contribution in [2.24, 2.45) is 0 Å². The molecule has 0 N–H and O–H groups in total. The summed E-state index contributed by atoms with van der Waals surface area (Å²) in [7, 11) is 0. The molecule has 0 radical (unpaired) electrons. The van der Waals surface area contributed by atoms with Gasteiger partial charge in [-0.2, -0.15) is 0 Å². The van der Waals surface area contributed by atoms with Gasteiger partial charge in [-0.25, -0.2) is 4.98 Å². The smallest absolute Gasteiger partial charge is 0.137 e. The molecule has 9 aromatic rings. The van der Waals surface area contributed by atoms with Gasteiger partial charge in [-0.15, -0.1) is 0 Å². The molecule has 0 amide bonds. The highest BCUT2D eigenvalue weighted by Crippen LogP contribution is 2.51. The lowest BCUT2D eigenvalue weighted by Gasteiger charge is -2.32. The molecule has 2 aromatic heterocycles. The van der Waals surface area contributed by atoms with E-state index in [1.165, 1.54) is 72.3 Å². The summed E-state index contributed by atoms with van der Waals surface area (Å²) in [5.74, 6) is 2.44. The molecule has 0 fully saturated rings. The minimum Gasteiger partial charge on any atom is -0.457 e. The second-order valence-electron chi connectivity index (χ2n) is 26.4. The topological polar surface area (TPSA) is 33.5 Å². The fourth-order valence-electron chi connectivity index (χ4n) is 11.2. The molecular weight excluding hydrogens is 913 g/mol. The largest absolute Gasteiger partial charge is 0.457 e. The molecule has 0 bridgehead atoms. The Bertz CT molecular complexity index is 3590. The average molecular weight is 991 g/mol. The van der Waals surface area contributed by atoms with Gasteiger partial charge in [0.15, 0.2) is 0 Å². The molecule has 0 atom stereocenters. The molecule has 7 aromatic carbocycles. The third-order valence-electron chi connectivity index (χ3n) is 16.1. The van der Waals surface area contributed by atoms with Crippen molar-refractivity contribution in [1.29, 1.82) is 0 Å². The summed E-state index contributed by atoms with van der Waals surface area (Å²) in [6.45, 7) is 37.7. The Hall–Kier alpha value is -7.11. The maximum absolute atomic E-state index is 7.26. The zero-order chi connectivity index (χ0) is 53.6. The highest BCUT2D eigenvalue weighted by atomic mass is 16.5. The second-order valence-corrected chi connectivity index (χ2v) is 26.4. The van der Waals surface area contributed by atoms with Crippen LogP contribution >= 0.6 is 0 Å². The average Bonchev–Trinajstić information content (AvgIpc) is 3.93. The van der Waals surface area contributed by atoms with Crippen molar-refractivity contribution >= 4 is 44.6 Å². The van der Waals surface area contributed by atoms with Crippen molar-refractivity contribution in [2.75, 3.05) is 16.5 Å². The quantitative estimate of drug-likeness (QED) is 0.144. The summed E-state index contributed by atoms with van der Waals surface area (Å²) >= 11 is 0. The Morgan fingerprint density at radius 2 is 0.920 bits per heavy atom. The normalized spacial score (nSPS) is 13.8. The van der Waals surface area contributed by atoms with Gasteiger partial charge in [0, 0.05) is 51.3 Å². The zero-order valence-electron chi connectivity index (χ0n) is 47.6.